The maximum absolute atomic E-state index is 14.7. The van der Waals surface area contributed by atoms with Gasteiger partial charge in [-0.15, -0.1) is 0 Å². The van der Waals surface area contributed by atoms with Crippen molar-refractivity contribution in [2.75, 3.05) is 32.8 Å². The fourth-order valence-electron chi connectivity index (χ4n) is 5.42. The van der Waals surface area contributed by atoms with E-state index in [0.717, 1.165) is 49.2 Å². The number of nitrogens with two attached hydrogens (primary N) is 1. The van der Waals surface area contributed by atoms with Crippen molar-refractivity contribution >= 4 is 11.8 Å². The molecule has 0 aliphatic carbocycles. The molecule has 2 heterocycles. The first-order valence-corrected chi connectivity index (χ1v) is 13.7. The van der Waals surface area contributed by atoms with Crippen LogP contribution in [0.5, 0.6) is 5.75 Å². The van der Waals surface area contributed by atoms with E-state index in [1.807, 2.05) is 50.2 Å². The normalized spacial score (nSPS) is 19.2. The SMILES string of the molecule is CCC(F)(CC)CN1CCC(COc2ccc(-c3ccc(C(=O)N4CCC[C@H]4C(N)=O)cc3)cc2)CC1. The smallest absolute Gasteiger partial charge is 0.254 e. The molecule has 2 aliphatic rings. The number of halogens is 1. The standard InChI is InChI=1S/C30H40FN3O3/c1-3-30(31,4-2)21-33-18-15-22(16-19-33)20-37-26-13-11-24(12-14-26)23-7-9-25(10-8-23)29(36)34-17-5-6-27(34)28(32)35/h7-14,22,27H,3-6,15-21H2,1-2H3,(H2,32,35)/t27-/m0/s1. The van der Waals surface area contributed by atoms with Crippen LogP contribution >= 0.6 is 0 Å². The molecule has 37 heavy (non-hydrogen) atoms. The van der Waals surface area contributed by atoms with E-state index in [-0.39, 0.29) is 5.91 Å². The lowest BCUT2D eigenvalue weighted by Gasteiger charge is -2.36. The minimum Gasteiger partial charge on any atom is -0.493 e. The lowest BCUT2D eigenvalue weighted by molar-refractivity contribution is -0.121. The molecule has 2 aliphatic heterocycles. The first-order chi connectivity index (χ1) is 17.8. The molecule has 6 nitrogen and oxygen atoms in total. The Morgan fingerprint density at radius 1 is 0.946 bits per heavy atom. The van der Waals surface area contributed by atoms with Crippen LogP contribution in [0.1, 0.15) is 62.7 Å². The zero-order chi connectivity index (χ0) is 26.4. The van der Waals surface area contributed by atoms with Gasteiger partial charge in [-0.25, -0.2) is 4.39 Å². The van der Waals surface area contributed by atoms with E-state index in [1.165, 1.54) is 0 Å². The average molecular weight is 510 g/mol. The molecule has 0 saturated carbocycles. The first kappa shape index (κ1) is 27.1. The van der Waals surface area contributed by atoms with Gasteiger partial charge in [-0.05, 0) is 92.9 Å². The van der Waals surface area contributed by atoms with Crippen molar-refractivity contribution in [3.63, 3.8) is 0 Å². The van der Waals surface area contributed by atoms with Gasteiger partial charge in [0.1, 0.15) is 17.5 Å². The summed E-state index contributed by atoms with van der Waals surface area (Å²) in [4.78, 5) is 28.3. The van der Waals surface area contributed by atoms with Crippen LogP contribution in [0.4, 0.5) is 4.39 Å². The zero-order valence-corrected chi connectivity index (χ0v) is 22.1. The van der Waals surface area contributed by atoms with Crippen LogP contribution < -0.4 is 10.5 Å². The summed E-state index contributed by atoms with van der Waals surface area (Å²) in [6, 6.07) is 15.0. The van der Waals surface area contributed by atoms with Crippen LogP contribution in [0.15, 0.2) is 48.5 Å². The van der Waals surface area contributed by atoms with Crippen LogP contribution in [0.2, 0.25) is 0 Å². The Kier molecular flexibility index (Phi) is 8.85. The number of ether oxygens (including phenoxy) is 1. The number of piperidine rings is 1. The lowest BCUT2D eigenvalue weighted by atomic mass is 9.94. The molecule has 0 unspecified atom stereocenters. The summed E-state index contributed by atoms with van der Waals surface area (Å²) in [6.45, 7) is 7.50. The molecule has 2 N–H and O–H groups in total. The van der Waals surface area contributed by atoms with Gasteiger partial charge in [-0.1, -0.05) is 38.1 Å². The third-order valence-corrected chi connectivity index (χ3v) is 8.13. The van der Waals surface area contributed by atoms with Crippen molar-refractivity contribution < 1.29 is 18.7 Å². The number of rotatable bonds is 10. The second kappa shape index (κ2) is 12.1. The van der Waals surface area contributed by atoms with E-state index in [4.69, 9.17) is 10.5 Å². The van der Waals surface area contributed by atoms with E-state index >= 15 is 0 Å². The largest absolute Gasteiger partial charge is 0.493 e. The molecule has 2 aromatic rings. The minimum absolute atomic E-state index is 0.151. The van der Waals surface area contributed by atoms with Gasteiger partial charge in [0, 0.05) is 18.7 Å². The Hall–Kier alpha value is -2.93. The predicted octanol–water partition coefficient (Wildman–Crippen LogP) is 5.06. The lowest BCUT2D eigenvalue weighted by Crippen LogP contribution is -2.44. The molecule has 0 aromatic heterocycles. The highest BCUT2D eigenvalue weighted by atomic mass is 19.1. The number of amides is 2. The van der Waals surface area contributed by atoms with Gasteiger partial charge in [0.2, 0.25) is 5.91 Å². The third kappa shape index (κ3) is 6.69. The van der Waals surface area contributed by atoms with E-state index in [0.29, 0.717) is 50.4 Å². The molecule has 0 spiro atoms. The zero-order valence-electron chi connectivity index (χ0n) is 22.1. The molecule has 2 saturated heterocycles. The van der Waals surface area contributed by atoms with Crippen molar-refractivity contribution in [1.82, 2.24) is 9.80 Å². The van der Waals surface area contributed by atoms with Crippen LogP contribution in [0.3, 0.4) is 0 Å². The minimum atomic E-state index is -1.07. The van der Waals surface area contributed by atoms with Crippen LogP contribution in [-0.2, 0) is 4.79 Å². The fraction of sp³-hybridized carbons (Fsp3) is 0.533. The Labute approximate surface area is 220 Å². The molecule has 2 fully saturated rings. The molecule has 0 bridgehead atoms. The van der Waals surface area contributed by atoms with Gasteiger partial charge in [0.15, 0.2) is 0 Å². The number of carbonyl (C=O) groups is 2. The summed E-state index contributed by atoms with van der Waals surface area (Å²) in [7, 11) is 0. The summed E-state index contributed by atoms with van der Waals surface area (Å²) < 4.78 is 20.8. The Bertz CT molecular complexity index is 1040. The summed E-state index contributed by atoms with van der Waals surface area (Å²) in [6.07, 6.45) is 4.63. The number of alkyl halides is 1. The number of primary amides is 1. The molecular weight excluding hydrogens is 469 g/mol. The Morgan fingerprint density at radius 2 is 1.54 bits per heavy atom. The number of likely N-dealkylation sites (tertiary alicyclic amines) is 2. The molecule has 2 amide bonds. The van der Waals surface area contributed by atoms with Gasteiger partial charge in [-0.3, -0.25) is 9.59 Å². The summed E-state index contributed by atoms with van der Waals surface area (Å²) in [5.41, 5.74) is 7.00. The number of nitrogens with zero attached hydrogens (tertiary/aromatic N) is 2. The van der Waals surface area contributed by atoms with Crippen molar-refractivity contribution in [2.45, 2.75) is 64.1 Å². The number of hydrogen-bond acceptors (Lipinski definition) is 4. The number of carbonyl (C=O) groups excluding carboxylic acids is 2. The molecule has 2 aromatic carbocycles. The monoisotopic (exact) mass is 509 g/mol. The van der Waals surface area contributed by atoms with Gasteiger partial charge in [0.05, 0.1) is 6.61 Å². The van der Waals surface area contributed by atoms with Crippen molar-refractivity contribution in [1.29, 1.82) is 0 Å². The highest BCUT2D eigenvalue weighted by Gasteiger charge is 2.33. The van der Waals surface area contributed by atoms with Crippen molar-refractivity contribution in [3.05, 3.63) is 54.1 Å². The van der Waals surface area contributed by atoms with Crippen LogP contribution in [0.25, 0.3) is 11.1 Å². The Balaban J connectivity index is 1.26. The molecule has 0 radical (unpaired) electrons. The maximum atomic E-state index is 14.7. The molecule has 200 valence electrons. The number of hydrogen-bond donors (Lipinski definition) is 1. The quantitative estimate of drug-likeness (QED) is 0.486. The molecule has 1 atom stereocenters. The summed E-state index contributed by atoms with van der Waals surface area (Å²) in [5, 5.41) is 0. The van der Waals surface area contributed by atoms with E-state index in [9.17, 15) is 14.0 Å². The van der Waals surface area contributed by atoms with Crippen molar-refractivity contribution in [2.24, 2.45) is 11.7 Å². The highest BCUT2D eigenvalue weighted by molar-refractivity contribution is 5.98. The molecule has 4 rings (SSSR count). The third-order valence-electron chi connectivity index (χ3n) is 8.13. The first-order valence-electron chi connectivity index (χ1n) is 13.7. The fourth-order valence-corrected chi connectivity index (χ4v) is 5.42. The topological polar surface area (TPSA) is 75.9 Å². The average Bonchev–Trinajstić information content (AvgIpc) is 3.43. The van der Waals surface area contributed by atoms with E-state index in [1.54, 1.807) is 17.0 Å². The molecule has 7 heteroatoms. The maximum Gasteiger partial charge on any atom is 0.254 e. The highest BCUT2D eigenvalue weighted by Crippen LogP contribution is 2.28. The van der Waals surface area contributed by atoms with Gasteiger partial charge < -0.3 is 20.3 Å². The Morgan fingerprint density at radius 3 is 2.11 bits per heavy atom. The van der Waals surface area contributed by atoms with E-state index < -0.39 is 17.6 Å². The second-order valence-electron chi connectivity index (χ2n) is 10.5. The predicted molar refractivity (Wildman–Crippen MR) is 144 cm³/mol. The van der Waals surface area contributed by atoms with Gasteiger partial charge in [0.25, 0.3) is 5.91 Å². The number of benzene rings is 2. The van der Waals surface area contributed by atoms with Gasteiger partial charge >= 0.3 is 0 Å². The summed E-state index contributed by atoms with van der Waals surface area (Å²) in [5.74, 6) is 0.733. The van der Waals surface area contributed by atoms with Crippen LogP contribution in [0, 0.1) is 5.92 Å². The van der Waals surface area contributed by atoms with Crippen molar-refractivity contribution in [3.8, 4) is 16.9 Å². The van der Waals surface area contributed by atoms with E-state index in [2.05, 4.69) is 4.90 Å². The van der Waals surface area contributed by atoms with Crippen LogP contribution in [-0.4, -0.2) is 66.1 Å². The second-order valence-corrected chi connectivity index (χ2v) is 10.5. The van der Waals surface area contributed by atoms with Gasteiger partial charge in [-0.2, -0.15) is 0 Å². The summed E-state index contributed by atoms with van der Waals surface area (Å²) >= 11 is 0. The molecular formula is C30H40FN3O3.